The molecule has 0 bridgehead atoms. The number of rotatable bonds is 8. The lowest BCUT2D eigenvalue weighted by atomic mass is 10.1. The van der Waals surface area contributed by atoms with Gasteiger partial charge in [0.2, 0.25) is 0 Å². The molecular formula is C26H27N3O2. The molecule has 0 fully saturated rings. The molecule has 5 heteroatoms. The molecule has 5 nitrogen and oxygen atoms in total. The van der Waals surface area contributed by atoms with Crippen LogP contribution in [-0.2, 0) is 11.2 Å². The number of benzene rings is 3. The monoisotopic (exact) mass is 413 g/mol. The zero-order valence-corrected chi connectivity index (χ0v) is 17.8. The summed E-state index contributed by atoms with van der Waals surface area (Å²) in [6.45, 7) is 0.473. The lowest BCUT2D eigenvalue weighted by Crippen LogP contribution is -2.35. The van der Waals surface area contributed by atoms with Gasteiger partial charge in [-0.3, -0.25) is 9.59 Å². The van der Waals surface area contributed by atoms with Gasteiger partial charge in [-0.05, 0) is 47.9 Å². The molecule has 0 aromatic heterocycles. The first kappa shape index (κ1) is 21.8. The predicted octanol–water partition coefficient (Wildman–Crippen LogP) is 3.88. The largest absolute Gasteiger partial charge is 0.378 e. The van der Waals surface area contributed by atoms with E-state index in [1.807, 2.05) is 79.7 Å². The second-order valence-corrected chi connectivity index (χ2v) is 7.36. The Morgan fingerprint density at radius 2 is 1.45 bits per heavy atom. The van der Waals surface area contributed by atoms with Gasteiger partial charge in [-0.1, -0.05) is 60.7 Å². The Bertz CT molecular complexity index is 1030. The van der Waals surface area contributed by atoms with E-state index in [-0.39, 0.29) is 17.5 Å². The molecule has 0 aliphatic rings. The maximum absolute atomic E-state index is 12.9. The van der Waals surface area contributed by atoms with Crippen LogP contribution in [0.2, 0.25) is 0 Å². The Hall–Kier alpha value is -3.86. The van der Waals surface area contributed by atoms with Gasteiger partial charge in [0.1, 0.15) is 5.70 Å². The minimum atomic E-state index is -0.324. The lowest BCUT2D eigenvalue weighted by Gasteiger charge is -2.13. The van der Waals surface area contributed by atoms with Crippen LogP contribution < -0.4 is 15.5 Å². The molecule has 3 aromatic carbocycles. The third-order valence-corrected chi connectivity index (χ3v) is 4.79. The first-order valence-electron chi connectivity index (χ1n) is 10.2. The van der Waals surface area contributed by atoms with Crippen LogP contribution in [0.5, 0.6) is 0 Å². The average Bonchev–Trinajstić information content (AvgIpc) is 2.80. The Morgan fingerprint density at radius 1 is 0.839 bits per heavy atom. The van der Waals surface area contributed by atoms with Crippen LogP contribution >= 0.6 is 0 Å². The van der Waals surface area contributed by atoms with Crippen molar-refractivity contribution in [2.75, 3.05) is 25.5 Å². The molecule has 2 amide bonds. The fourth-order valence-corrected chi connectivity index (χ4v) is 3.04. The SMILES string of the molecule is CN(C)c1ccc(/C=C(\NC(=O)c2ccccc2)C(=O)NCCc2ccccc2)cc1. The van der Waals surface area contributed by atoms with Crippen LogP contribution in [0.4, 0.5) is 5.69 Å². The Kier molecular flexibility index (Phi) is 7.60. The molecule has 0 aliphatic carbocycles. The van der Waals surface area contributed by atoms with Crippen LogP contribution in [0.1, 0.15) is 21.5 Å². The molecule has 0 radical (unpaired) electrons. The third kappa shape index (κ3) is 6.57. The normalized spacial score (nSPS) is 11.0. The van der Waals surface area contributed by atoms with Crippen molar-refractivity contribution in [1.29, 1.82) is 0 Å². The fraction of sp³-hybridized carbons (Fsp3) is 0.154. The summed E-state index contributed by atoms with van der Waals surface area (Å²) in [6, 6.07) is 26.6. The maximum atomic E-state index is 12.9. The Morgan fingerprint density at radius 3 is 2.06 bits per heavy atom. The highest BCUT2D eigenvalue weighted by atomic mass is 16.2. The van der Waals surface area contributed by atoms with Crippen LogP contribution in [0, 0.1) is 0 Å². The third-order valence-electron chi connectivity index (χ3n) is 4.79. The highest BCUT2D eigenvalue weighted by Crippen LogP contribution is 2.14. The summed E-state index contributed by atoms with van der Waals surface area (Å²) >= 11 is 0. The minimum absolute atomic E-state index is 0.208. The molecule has 0 heterocycles. The van der Waals surface area contributed by atoms with Crippen LogP contribution in [-0.4, -0.2) is 32.5 Å². The second kappa shape index (κ2) is 10.8. The summed E-state index contributed by atoms with van der Waals surface area (Å²) in [7, 11) is 3.94. The lowest BCUT2D eigenvalue weighted by molar-refractivity contribution is -0.117. The van der Waals surface area contributed by atoms with Gasteiger partial charge in [0.15, 0.2) is 0 Å². The van der Waals surface area contributed by atoms with E-state index >= 15 is 0 Å². The molecule has 0 unspecified atom stereocenters. The Labute approximate surface area is 183 Å². The number of nitrogens with zero attached hydrogens (tertiary/aromatic N) is 1. The molecule has 0 spiro atoms. The van der Waals surface area contributed by atoms with Crippen LogP contribution in [0.3, 0.4) is 0 Å². The Balaban J connectivity index is 1.75. The van der Waals surface area contributed by atoms with Crippen molar-refractivity contribution >= 4 is 23.6 Å². The van der Waals surface area contributed by atoms with Crippen LogP contribution in [0.25, 0.3) is 6.08 Å². The van der Waals surface area contributed by atoms with Crippen molar-refractivity contribution in [3.63, 3.8) is 0 Å². The van der Waals surface area contributed by atoms with E-state index in [4.69, 9.17) is 0 Å². The first-order chi connectivity index (χ1) is 15.0. The molecule has 2 N–H and O–H groups in total. The van der Waals surface area contributed by atoms with Crippen LogP contribution in [0.15, 0.2) is 90.6 Å². The highest BCUT2D eigenvalue weighted by molar-refractivity contribution is 6.05. The zero-order chi connectivity index (χ0) is 22.1. The predicted molar refractivity (Wildman–Crippen MR) is 126 cm³/mol. The maximum Gasteiger partial charge on any atom is 0.267 e. The standard InChI is InChI=1S/C26H27N3O2/c1-29(2)23-15-13-21(14-16-23)19-24(28-25(30)22-11-7-4-8-12-22)26(31)27-18-17-20-9-5-3-6-10-20/h3-16,19H,17-18H2,1-2H3,(H,27,31)(H,28,30)/b24-19-. The number of hydrogen-bond donors (Lipinski definition) is 2. The number of amides is 2. The van der Waals surface area contributed by atoms with E-state index in [1.165, 1.54) is 0 Å². The highest BCUT2D eigenvalue weighted by Gasteiger charge is 2.14. The quantitative estimate of drug-likeness (QED) is 0.551. The van der Waals surface area contributed by atoms with Gasteiger partial charge < -0.3 is 15.5 Å². The summed E-state index contributed by atoms with van der Waals surface area (Å²) in [5.74, 6) is -0.646. The van der Waals surface area contributed by atoms with Gasteiger partial charge in [-0.2, -0.15) is 0 Å². The molecule has 158 valence electrons. The fourth-order valence-electron chi connectivity index (χ4n) is 3.04. The van der Waals surface area contributed by atoms with Gasteiger partial charge >= 0.3 is 0 Å². The van der Waals surface area contributed by atoms with E-state index in [1.54, 1.807) is 30.3 Å². The van der Waals surface area contributed by atoms with Crippen molar-refractivity contribution in [1.82, 2.24) is 10.6 Å². The molecule has 31 heavy (non-hydrogen) atoms. The number of carbonyl (C=O) groups is 2. The van der Waals surface area contributed by atoms with E-state index in [0.717, 1.165) is 16.8 Å². The first-order valence-corrected chi connectivity index (χ1v) is 10.2. The number of hydrogen-bond acceptors (Lipinski definition) is 3. The van der Waals surface area contributed by atoms with Gasteiger partial charge in [-0.25, -0.2) is 0 Å². The van der Waals surface area contributed by atoms with Gasteiger partial charge in [0.25, 0.3) is 11.8 Å². The van der Waals surface area contributed by atoms with Gasteiger partial charge in [0.05, 0.1) is 0 Å². The smallest absolute Gasteiger partial charge is 0.267 e. The van der Waals surface area contributed by atoms with Gasteiger partial charge in [-0.15, -0.1) is 0 Å². The van der Waals surface area contributed by atoms with Crippen molar-refractivity contribution in [3.8, 4) is 0 Å². The second-order valence-electron chi connectivity index (χ2n) is 7.36. The summed E-state index contributed by atoms with van der Waals surface area (Å²) in [6.07, 6.45) is 2.40. The summed E-state index contributed by atoms with van der Waals surface area (Å²) in [5, 5.41) is 5.68. The topological polar surface area (TPSA) is 61.4 Å². The van der Waals surface area contributed by atoms with E-state index < -0.39 is 0 Å². The molecule has 3 aromatic rings. The molecule has 0 atom stereocenters. The average molecular weight is 414 g/mol. The van der Waals surface area contributed by atoms with E-state index in [0.29, 0.717) is 18.5 Å². The number of carbonyl (C=O) groups excluding carboxylic acids is 2. The summed E-state index contributed by atoms with van der Waals surface area (Å²) in [4.78, 5) is 27.5. The van der Waals surface area contributed by atoms with Crippen molar-refractivity contribution in [3.05, 3.63) is 107 Å². The van der Waals surface area contributed by atoms with E-state index in [9.17, 15) is 9.59 Å². The number of nitrogens with one attached hydrogen (secondary N) is 2. The molecule has 3 rings (SSSR count). The van der Waals surface area contributed by atoms with Crippen molar-refractivity contribution < 1.29 is 9.59 Å². The zero-order valence-electron chi connectivity index (χ0n) is 17.8. The molecule has 0 saturated carbocycles. The van der Waals surface area contributed by atoms with Crippen molar-refractivity contribution in [2.45, 2.75) is 6.42 Å². The van der Waals surface area contributed by atoms with E-state index in [2.05, 4.69) is 10.6 Å². The summed E-state index contributed by atoms with van der Waals surface area (Å²) < 4.78 is 0. The molecular weight excluding hydrogens is 386 g/mol. The molecule has 0 saturated heterocycles. The van der Waals surface area contributed by atoms with Crippen molar-refractivity contribution in [2.24, 2.45) is 0 Å². The number of anilines is 1. The minimum Gasteiger partial charge on any atom is -0.378 e. The van der Waals surface area contributed by atoms with Gasteiger partial charge in [0, 0.05) is 31.9 Å². The molecule has 0 aliphatic heterocycles. The summed E-state index contributed by atoms with van der Waals surface area (Å²) in [5.41, 5.74) is 3.72.